The van der Waals surface area contributed by atoms with Crippen molar-refractivity contribution in [2.45, 2.75) is 12.6 Å². The maximum absolute atomic E-state index is 10.7. The Bertz CT molecular complexity index is 325. The number of halogens is 1. The number of hydrogen-bond donors (Lipinski definition) is 1. The van der Waals surface area contributed by atoms with Crippen molar-refractivity contribution < 1.29 is 9.53 Å². The zero-order valence-corrected chi connectivity index (χ0v) is 8.32. The quantitative estimate of drug-likeness (QED) is 0.837. The molecule has 2 rings (SSSR count). The minimum absolute atomic E-state index is 0.112. The molecule has 1 aromatic rings. The van der Waals surface area contributed by atoms with E-state index in [0.717, 1.165) is 4.47 Å². The zero-order chi connectivity index (χ0) is 9.26. The summed E-state index contributed by atoms with van der Waals surface area (Å²) in [5.41, 5.74) is 0. The maximum atomic E-state index is 10.7. The van der Waals surface area contributed by atoms with Crippen molar-refractivity contribution in [2.75, 3.05) is 6.54 Å². The van der Waals surface area contributed by atoms with E-state index < -0.39 is 0 Å². The summed E-state index contributed by atoms with van der Waals surface area (Å²) in [4.78, 5) is 10.7. The van der Waals surface area contributed by atoms with Crippen LogP contribution in [0.15, 0.2) is 16.9 Å². The first kappa shape index (κ1) is 8.55. The highest BCUT2D eigenvalue weighted by Crippen LogP contribution is 2.08. The molecule has 0 aliphatic carbocycles. The molecular formula is C7H8BrN3O2. The van der Waals surface area contributed by atoms with E-state index in [1.165, 1.54) is 0 Å². The van der Waals surface area contributed by atoms with Gasteiger partial charge in [-0.1, -0.05) is 0 Å². The van der Waals surface area contributed by atoms with Crippen molar-refractivity contribution in [1.29, 1.82) is 0 Å². The lowest BCUT2D eigenvalue weighted by Crippen LogP contribution is -2.20. The predicted octanol–water partition coefficient (Wildman–Crippen LogP) is 0.754. The molecule has 13 heavy (non-hydrogen) atoms. The molecule has 1 atom stereocenters. The minimum Gasteiger partial charge on any atom is -0.442 e. The predicted molar refractivity (Wildman–Crippen MR) is 48.2 cm³/mol. The van der Waals surface area contributed by atoms with Gasteiger partial charge in [-0.2, -0.15) is 5.10 Å². The van der Waals surface area contributed by atoms with Gasteiger partial charge >= 0.3 is 6.09 Å². The Morgan fingerprint density at radius 3 is 3.23 bits per heavy atom. The van der Waals surface area contributed by atoms with Gasteiger partial charge in [0.25, 0.3) is 0 Å². The molecule has 2 heterocycles. The Kier molecular flexibility index (Phi) is 2.22. The van der Waals surface area contributed by atoms with Crippen molar-refractivity contribution in [2.24, 2.45) is 0 Å². The van der Waals surface area contributed by atoms with Crippen LogP contribution in [-0.2, 0) is 11.3 Å². The summed E-state index contributed by atoms with van der Waals surface area (Å²) in [7, 11) is 0. The Morgan fingerprint density at radius 1 is 1.85 bits per heavy atom. The number of carbonyl (C=O) groups excluding carboxylic acids is 1. The van der Waals surface area contributed by atoms with E-state index >= 15 is 0 Å². The van der Waals surface area contributed by atoms with Crippen LogP contribution in [0.4, 0.5) is 4.79 Å². The molecule has 6 heteroatoms. The van der Waals surface area contributed by atoms with Crippen LogP contribution in [0.1, 0.15) is 0 Å². The zero-order valence-electron chi connectivity index (χ0n) is 6.74. The number of aromatic nitrogens is 2. The molecule has 1 aromatic heterocycles. The van der Waals surface area contributed by atoms with Crippen molar-refractivity contribution in [1.82, 2.24) is 15.1 Å². The first-order valence-electron chi connectivity index (χ1n) is 3.86. The van der Waals surface area contributed by atoms with E-state index in [2.05, 4.69) is 26.3 Å². The third-order valence-corrected chi connectivity index (χ3v) is 2.15. The Balaban J connectivity index is 1.95. The summed E-state index contributed by atoms with van der Waals surface area (Å²) in [6, 6.07) is 0. The summed E-state index contributed by atoms with van der Waals surface area (Å²) in [6.45, 7) is 1.14. The lowest BCUT2D eigenvalue weighted by molar-refractivity contribution is 0.129. The standard InChI is InChI=1S/C7H8BrN3O2/c8-5-1-10-11(3-5)4-6-2-9-7(12)13-6/h1,3,6H,2,4H2,(H,9,12). The van der Waals surface area contributed by atoms with Crippen LogP contribution in [0.5, 0.6) is 0 Å². The largest absolute Gasteiger partial charge is 0.442 e. The molecule has 1 amide bonds. The van der Waals surface area contributed by atoms with Crippen LogP contribution in [0.3, 0.4) is 0 Å². The van der Waals surface area contributed by atoms with Gasteiger partial charge in [0.05, 0.1) is 23.8 Å². The molecule has 0 aromatic carbocycles. The number of nitrogens with one attached hydrogen (secondary N) is 1. The number of cyclic esters (lactones) is 1. The van der Waals surface area contributed by atoms with Crippen LogP contribution in [0.25, 0.3) is 0 Å². The molecule has 0 spiro atoms. The summed E-state index contributed by atoms with van der Waals surface area (Å²) in [5, 5.41) is 6.64. The Labute approximate surface area is 83.2 Å². The second-order valence-electron chi connectivity index (χ2n) is 2.79. The van der Waals surface area contributed by atoms with E-state index in [1.54, 1.807) is 10.9 Å². The van der Waals surface area contributed by atoms with Crippen LogP contribution in [0, 0.1) is 0 Å². The normalized spacial score (nSPS) is 21.3. The van der Waals surface area contributed by atoms with Gasteiger partial charge in [-0.15, -0.1) is 0 Å². The summed E-state index contributed by atoms with van der Waals surface area (Å²) in [6.07, 6.45) is 3.08. The molecule has 1 fully saturated rings. The molecule has 1 unspecified atom stereocenters. The fourth-order valence-electron chi connectivity index (χ4n) is 1.18. The van der Waals surface area contributed by atoms with Crippen molar-refractivity contribution >= 4 is 22.0 Å². The fraction of sp³-hybridized carbons (Fsp3) is 0.429. The number of amides is 1. The lowest BCUT2D eigenvalue weighted by Gasteiger charge is -2.06. The molecule has 70 valence electrons. The van der Waals surface area contributed by atoms with Gasteiger partial charge in [0.15, 0.2) is 0 Å². The van der Waals surface area contributed by atoms with Gasteiger partial charge in [0, 0.05) is 6.20 Å². The second kappa shape index (κ2) is 3.37. The molecule has 5 nitrogen and oxygen atoms in total. The van der Waals surface area contributed by atoms with E-state index in [-0.39, 0.29) is 12.2 Å². The van der Waals surface area contributed by atoms with Gasteiger partial charge in [-0.3, -0.25) is 4.68 Å². The summed E-state index contributed by atoms with van der Waals surface area (Å²) >= 11 is 3.29. The first-order chi connectivity index (χ1) is 6.24. The van der Waals surface area contributed by atoms with Crippen LogP contribution >= 0.6 is 15.9 Å². The molecule has 1 N–H and O–H groups in total. The van der Waals surface area contributed by atoms with Gasteiger partial charge in [0.2, 0.25) is 0 Å². The van der Waals surface area contributed by atoms with E-state index in [4.69, 9.17) is 4.74 Å². The highest BCUT2D eigenvalue weighted by molar-refractivity contribution is 9.10. The molecule has 0 saturated carbocycles. The number of hydrogen-bond acceptors (Lipinski definition) is 3. The fourth-order valence-corrected chi connectivity index (χ4v) is 1.51. The lowest BCUT2D eigenvalue weighted by atomic mass is 10.4. The van der Waals surface area contributed by atoms with Crippen LogP contribution in [-0.4, -0.2) is 28.5 Å². The highest BCUT2D eigenvalue weighted by atomic mass is 79.9. The maximum Gasteiger partial charge on any atom is 0.407 e. The third kappa shape index (κ3) is 2.00. The first-order valence-corrected chi connectivity index (χ1v) is 4.66. The van der Waals surface area contributed by atoms with Gasteiger partial charge in [-0.05, 0) is 15.9 Å². The van der Waals surface area contributed by atoms with Gasteiger partial charge in [0.1, 0.15) is 6.10 Å². The molecule has 1 saturated heterocycles. The van der Waals surface area contributed by atoms with Gasteiger partial charge < -0.3 is 10.1 Å². The Hall–Kier alpha value is -1.04. The topological polar surface area (TPSA) is 56.2 Å². The van der Waals surface area contributed by atoms with E-state index in [0.29, 0.717) is 13.1 Å². The van der Waals surface area contributed by atoms with Gasteiger partial charge in [-0.25, -0.2) is 4.79 Å². The van der Waals surface area contributed by atoms with Crippen molar-refractivity contribution in [3.8, 4) is 0 Å². The highest BCUT2D eigenvalue weighted by Gasteiger charge is 2.22. The third-order valence-electron chi connectivity index (χ3n) is 1.74. The Morgan fingerprint density at radius 2 is 2.69 bits per heavy atom. The number of ether oxygens (including phenoxy) is 1. The van der Waals surface area contributed by atoms with E-state index in [9.17, 15) is 4.79 Å². The number of rotatable bonds is 2. The van der Waals surface area contributed by atoms with E-state index in [1.807, 2.05) is 6.20 Å². The van der Waals surface area contributed by atoms with Crippen molar-refractivity contribution in [3.05, 3.63) is 16.9 Å². The second-order valence-corrected chi connectivity index (χ2v) is 3.70. The van der Waals surface area contributed by atoms with Crippen LogP contribution < -0.4 is 5.32 Å². The summed E-state index contributed by atoms with van der Waals surface area (Å²) in [5.74, 6) is 0. The van der Waals surface area contributed by atoms with Crippen molar-refractivity contribution in [3.63, 3.8) is 0 Å². The average Bonchev–Trinajstić information content (AvgIpc) is 2.62. The molecule has 1 aliphatic rings. The molecule has 0 bridgehead atoms. The summed E-state index contributed by atoms with van der Waals surface area (Å²) < 4.78 is 7.60. The monoisotopic (exact) mass is 245 g/mol. The molecular weight excluding hydrogens is 238 g/mol. The van der Waals surface area contributed by atoms with Crippen LogP contribution in [0.2, 0.25) is 0 Å². The number of alkyl carbamates (subject to hydrolysis) is 1. The minimum atomic E-state index is -0.351. The molecule has 1 aliphatic heterocycles. The average molecular weight is 246 g/mol. The molecule has 0 radical (unpaired) electrons. The smallest absolute Gasteiger partial charge is 0.407 e. The number of carbonyl (C=O) groups is 1. The number of nitrogens with zero attached hydrogens (tertiary/aromatic N) is 2. The SMILES string of the molecule is O=C1NCC(Cn2cc(Br)cn2)O1.